The molecular weight excluding hydrogens is 238 g/mol. The molecule has 1 saturated heterocycles. The second-order valence-corrected chi connectivity index (χ2v) is 4.66. The summed E-state index contributed by atoms with van der Waals surface area (Å²) in [5.74, 6) is 0.703. The van der Waals surface area contributed by atoms with E-state index in [0.29, 0.717) is 23.5 Å². The maximum absolute atomic E-state index is 6.06. The maximum atomic E-state index is 6.06. The largest absolute Gasteiger partial charge is 0.495 e. The van der Waals surface area contributed by atoms with Crippen LogP contribution in [0.3, 0.4) is 0 Å². The van der Waals surface area contributed by atoms with Crippen LogP contribution < -0.4 is 10.1 Å². The Morgan fingerprint density at radius 3 is 3.00 bits per heavy atom. The SMILES string of the molecule is COc1ccc(COC2CCCNC2)cc1Cl. The molecular formula is C13H18ClNO2. The van der Waals surface area contributed by atoms with Gasteiger partial charge in [0.05, 0.1) is 24.8 Å². The smallest absolute Gasteiger partial charge is 0.137 e. The van der Waals surface area contributed by atoms with E-state index in [1.165, 1.54) is 6.42 Å². The van der Waals surface area contributed by atoms with E-state index in [0.717, 1.165) is 25.1 Å². The summed E-state index contributed by atoms with van der Waals surface area (Å²) >= 11 is 6.06. The van der Waals surface area contributed by atoms with Crippen molar-refractivity contribution < 1.29 is 9.47 Å². The van der Waals surface area contributed by atoms with Gasteiger partial charge in [0.1, 0.15) is 5.75 Å². The summed E-state index contributed by atoms with van der Waals surface area (Å²) in [6.07, 6.45) is 2.65. The summed E-state index contributed by atoms with van der Waals surface area (Å²) in [4.78, 5) is 0. The standard InChI is InChI=1S/C13H18ClNO2/c1-16-13-5-4-10(7-12(13)14)9-17-11-3-2-6-15-8-11/h4-5,7,11,15H,2-3,6,8-9H2,1H3. The first kappa shape index (κ1) is 12.7. The van der Waals surface area contributed by atoms with Crippen LogP contribution in [-0.4, -0.2) is 26.3 Å². The van der Waals surface area contributed by atoms with Gasteiger partial charge in [-0.05, 0) is 37.1 Å². The molecule has 17 heavy (non-hydrogen) atoms. The first-order chi connectivity index (χ1) is 8.29. The molecule has 1 fully saturated rings. The molecule has 0 aliphatic carbocycles. The average molecular weight is 256 g/mol. The highest BCUT2D eigenvalue weighted by molar-refractivity contribution is 6.32. The molecule has 1 atom stereocenters. The van der Waals surface area contributed by atoms with Gasteiger partial charge in [0, 0.05) is 6.54 Å². The lowest BCUT2D eigenvalue weighted by atomic mass is 10.1. The molecule has 94 valence electrons. The second-order valence-electron chi connectivity index (χ2n) is 4.25. The number of hydrogen-bond acceptors (Lipinski definition) is 3. The highest BCUT2D eigenvalue weighted by Crippen LogP contribution is 2.25. The van der Waals surface area contributed by atoms with E-state index < -0.39 is 0 Å². The minimum Gasteiger partial charge on any atom is -0.495 e. The van der Waals surface area contributed by atoms with Crippen molar-refractivity contribution in [3.8, 4) is 5.75 Å². The van der Waals surface area contributed by atoms with Gasteiger partial charge in [0.2, 0.25) is 0 Å². The van der Waals surface area contributed by atoms with Gasteiger partial charge in [0.15, 0.2) is 0 Å². The van der Waals surface area contributed by atoms with E-state index in [9.17, 15) is 0 Å². The van der Waals surface area contributed by atoms with Crippen LogP contribution >= 0.6 is 11.6 Å². The van der Waals surface area contributed by atoms with Crippen LogP contribution in [0.2, 0.25) is 5.02 Å². The fourth-order valence-electron chi connectivity index (χ4n) is 1.98. The quantitative estimate of drug-likeness (QED) is 0.897. The van der Waals surface area contributed by atoms with Crippen LogP contribution in [0.5, 0.6) is 5.75 Å². The third kappa shape index (κ3) is 3.60. The zero-order valence-electron chi connectivity index (χ0n) is 10.0. The molecule has 2 rings (SSSR count). The normalized spacial score (nSPS) is 20.2. The molecule has 1 heterocycles. The molecule has 1 aliphatic heterocycles. The Morgan fingerprint density at radius 2 is 2.35 bits per heavy atom. The topological polar surface area (TPSA) is 30.5 Å². The molecule has 0 radical (unpaired) electrons. The molecule has 0 bridgehead atoms. The number of nitrogens with one attached hydrogen (secondary N) is 1. The number of benzene rings is 1. The number of rotatable bonds is 4. The van der Waals surface area contributed by atoms with Crippen LogP contribution in [-0.2, 0) is 11.3 Å². The number of ether oxygens (including phenoxy) is 2. The third-order valence-electron chi connectivity index (χ3n) is 2.95. The monoisotopic (exact) mass is 255 g/mol. The van der Waals surface area contributed by atoms with Crippen molar-refractivity contribution in [2.24, 2.45) is 0 Å². The summed E-state index contributed by atoms with van der Waals surface area (Å²) in [5.41, 5.74) is 1.08. The van der Waals surface area contributed by atoms with Crippen molar-refractivity contribution in [1.29, 1.82) is 0 Å². The summed E-state index contributed by atoms with van der Waals surface area (Å²) < 4.78 is 10.9. The molecule has 4 heteroatoms. The van der Waals surface area contributed by atoms with Crippen LogP contribution in [0.25, 0.3) is 0 Å². The molecule has 1 unspecified atom stereocenters. The van der Waals surface area contributed by atoms with Gasteiger partial charge < -0.3 is 14.8 Å². The maximum Gasteiger partial charge on any atom is 0.137 e. The number of methoxy groups -OCH3 is 1. The van der Waals surface area contributed by atoms with Crippen molar-refractivity contribution in [2.75, 3.05) is 20.2 Å². The van der Waals surface area contributed by atoms with Crippen LogP contribution in [0.15, 0.2) is 18.2 Å². The molecule has 1 aliphatic rings. The number of halogens is 1. The Bertz CT molecular complexity index is 364. The Balaban J connectivity index is 1.87. The van der Waals surface area contributed by atoms with Gasteiger partial charge in [-0.3, -0.25) is 0 Å². The lowest BCUT2D eigenvalue weighted by Gasteiger charge is -2.23. The summed E-state index contributed by atoms with van der Waals surface area (Å²) in [6.45, 7) is 2.66. The van der Waals surface area contributed by atoms with Gasteiger partial charge in [-0.25, -0.2) is 0 Å². The predicted molar refractivity (Wildman–Crippen MR) is 68.7 cm³/mol. The summed E-state index contributed by atoms with van der Waals surface area (Å²) in [5, 5.41) is 3.96. The fourth-order valence-corrected chi connectivity index (χ4v) is 2.26. The lowest BCUT2D eigenvalue weighted by molar-refractivity contribution is 0.0253. The van der Waals surface area contributed by atoms with Crippen molar-refractivity contribution in [3.05, 3.63) is 28.8 Å². The van der Waals surface area contributed by atoms with E-state index >= 15 is 0 Å². The van der Waals surface area contributed by atoms with E-state index in [2.05, 4.69) is 5.32 Å². The fraction of sp³-hybridized carbons (Fsp3) is 0.538. The molecule has 0 aromatic heterocycles. The zero-order valence-corrected chi connectivity index (χ0v) is 10.8. The van der Waals surface area contributed by atoms with Gasteiger partial charge in [0.25, 0.3) is 0 Å². The first-order valence-corrected chi connectivity index (χ1v) is 6.32. The highest BCUT2D eigenvalue weighted by Gasteiger charge is 2.13. The van der Waals surface area contributed by atoms with Crippen molar-refractivity contribution in [1.82, 2.24) is 5.32 Å². The minimum atomic E-state index is 0.324. The third-order valence-corrected chi connectivity index (χ3v) is 3.25. The van der Waals surface area contributed by atoms with Crippen molar-refractivity contribution >= 4 is 11.6 Å². The molecule has 0 spiro atoms. The highest BCUT2D eigenvalue weighted by atomic mass is 35.5. The number of hydrogen-bond donors (Lipinski definition) is 1. The molecule has 3 nitrogen and oxygen atoms in total. The Morgan fingerprint density at radius 1 is 1.47 bits per heavy atom. The van der Waals surface area contributed by atoms with Crippen molar-refractivity contribution in [3.63, 3.8) is 0 Å². The first-order valence-electron chi connectivity index (χ1n) is 5.94. The Kier molecular flexibility index (Phi) is 4.66. The van der Waals surface area contributed by atoms with Crippen LogP contribution in [0, 0.1) is 0 Å². The van der Waals surface area contributed by atoms with Crippen molar-refractivity contribution in [2.45, 2.75) is 25.6 Å². The molecule has 1 N–H and O–H groups in total. The average Bonchev–Trinajstić information content (AvgIpc) is 2.38. The zero-order chi connectivity index (χ0) is 12.1. The Labute approximate surface area is 107 Å². The number of piperidine rings is 1. The van der Waals surface area contributed by atoms with E-state index in [4.69, 9.17) is 21.1 Å². The second kappa shape index (κ2) is 6.24. The summed E-state index contributed by atoms with van der Waals surface area (Å²) in [7, 11) is 1.62. The van der Waals surface area contributed by atoms with Gasteiger partial charge in [-0.2, -0.15) is 0 Å². The van der Waals surface area contributed by atoms with E-state index in [1.807, 2.05) is 18.2 Å². The van der Waals surface area contributed by atoms with Crippen LogP contribution in [0.4, 0.5) is 0 Å². The predicted octanol–water partition coefficient (Wildman–Crippen LogP) is 2.62. The minimum absolute atomic E-state index is 0.324. The molecule has 0 amide bonds. The Hall–Kier alpha value is -0.770. The van der Waals surface area contributed by atoms with Gasteiger partial charge in [-0.1, -0.05) is 17.7 Å². The lowest BCUT2D eigenvalue weighted by Crippen LogP contribution is -2.35. The van der Waals surface area contributed by atoms with E-state index in [1.54, 1.807) is 7.11 Å². The molecule has 1 aromatic carbocycles. The van der Waals surface area contributed by atoms with Crippen LogP contribution in [0.1, 0.15) is 18.4 Å². The van der Waals surface area contributed by atoms with Gasteiger partial charge >= 0.3 is 0 Å². The van der Waals surface area contributed by atoms with Gasteiger partial charge in [-0.15, -0.1) is 0 Å². The summed E-state index contributed by atoms with van der Waals surface area (Å²) in [6, 6.07) is 5.76. The molecule has 1 aromatic rings. The van der Waals surface area contributed by atoms with E-state index in [-0.39, 0.29) is 0 Å². The molecule has 0 saturated carbocycles.